The van der Waals surface area contributed by atoms with Crippen LogP contribution in [0.5, 0.6) is 0 Å². The Morgan fingerprint density at radius 1 is 1.13 bits per heavy atom. The van der Waals surface area contributed by atoms with Crippen molar-refractivity contribution in [2.45, 2.75) is 44.3 Å². The lowest BCUT2D eigenvalue weighted by Crippen LogP contribution is -2.49. The number of nitrogens with zero attached hydrogens (tertiary/aromatic N) is 6. The van der Waals surface area contributed by atoms with E-state index in [9.17, 15) is 0 Å². The van der Waals surface area contributed by atoms with Crippen LogP contribution in [0.4, 0.5) is 0 Å². The van der Waals surface area contributed by atoms with Crippen LogP contribution in [0.15, 0.2) is 42.2 Å². The van der Waals surface area contributed by atoms with Gasteiger partial charge in [-0.3, -0.25) is 0 Å². The summed E-state index contributed by atoms with van der Waals surface area (Å²) < 4.78 is 0. The first-order chi connectivity index (χ1) is 7.37. The fraction of sp³-hybridized carbons (Fsp3) is 0.778. The number of unbranched alkanes of at least 4 members (excludes halogenated alkanes) is 2. The zero-order chi connectivity index (χ0) is 10.3. The molecule has 0 aromatic rings. The van der Waals surface area contributed by atoms with Crippen molar-refractivity contribution in [3.8, 4) is 0 Å². The average molecular weight is 204 g/mol. The van der Waals surface area contributed by atoms with E-state index >= 15 is 0 Å². The van der Waals surface area contributed by atoms with Crippen molar-refractivity contribution in [3.05, 3.63) is 11.5 Å². The van der Waals surface area contributed by atoms with Gasteiger partial charge in [-0.2, -0.15) is 10.2 Å². The van der Waals surface area contributed by atoms with Gasteiger partial charge in [0.05, 0.1) is 0 Å². The molecular formula is C9H12N6. The first-order valence-corrected chi connectivity index (χ1v) is 5.38. The molecule has 6 heteroatoms. The average Bonchev–Trinajstić information content (AvgIpc) is 2.93. The molecule has 15 heavy (non-hydrogen) atoms. The fourth-order valence-electron chi connectivity index (χ4n) is 1.92. The standard InChI is InChI=1S/C9H12N6/c1-2-3-4-5-6-9(14-10-6)7(11-15-9)8-12-13-8/h6H,2-5H2,1H3. The van der Waals surface area contributed by atoms with Gasteiger partial charge in [-0.05, 0) is 6.42 Å². The number of rotatable bonds is 4. The van der Waals surface area contributed by atoms with Crippen LogP contribution in [0.3, 0.4) is 0 Å². The quantitative estimate of drug-likeness (QED) is 0.630. The lowest BCUT2D eigenvalue weighted by molar-refractivity contribution is 0.230. The van der Waals surface area contributed by atoms with E-state index in [-0.39, 0.29) is 6.04 Å². The van der Waals surface area contributed by atoms with E-state index in [1.54, 1.807) is 0 Å². The molecule has 0 fully saturated rings. The summed E-state index contributed by atoms with van der Waals surface area (Å²) in [5.41, 5.74) is 0.339. The van der Waals surface area contributed by atoms with Crippen molar-refractivity contribution in [3.63, 3.8) is 0 Å². The summed E-state index contributed by atoms with van der Waals surface area (Å²) >= 11 is 0. The Bertz CT molecular complexity index is 399. The van der Waals surface area contributed by atoms with Crippen LogP contribution >= 0.6 is 0 Å². The molecule has 3 aliphatic heterocycles. The summed E-state index contributed by atoms with van der Waals surface area (Å²) in [6.45, 7) is 2.19. The Morgan fingerprint density at radius 2 is 2.00 bits per heavy atom. The fourth-order valence-corrected chi connectivity index (χ4v) is 1.92. The largest absolute Gasteiger partial charge is 0.262 e. The van der Waals surface area contributed by atoms with E-state index in [0.29, 0.717) is 5.82 Å². The Labute approximate surface area is 87.3 Å². The lowest BCUT2D eigenvalue weighted by atomic mass is 9.89. The van der Waals surface area contributed by atoms with Gasteiger partial charge in [-0.15, -0.1) is 20.5 Å². The molecule has 0 aliphatic carbocycles. The van der Waals surface area contributed by atoms with Gasteiger partial charge in [0.1, 0.15) is 6.04 Å². The minimum atomic E-state index is -0.480. The maximum Gasteiger partial charge on any atom is 0.262 e. The number of azo groups is 2. The Morgan fingerprint density at radius 3 is 2.47 bits per heavy atom. The second-order valence-electron chi connectivity index (χ2n) is 4.03. The SMILES string of the molecule is CCCCCC1N=NC12N=NC2=C1N=N1. The maximum atomic E-state index is 4.13. The summed E-state index contributed by atoms with van der Waals surface area (Å²) in [7, 11) is 0. The van der Waals surface area contributed by atoms with Crippen LogP contribution in [-0.4, -0.2) is 11.7 Å². The molecule has 2 unspecified atom stereocenters. The molecule has 2 atom stereocenters. The molecule has 3 aliphatic rings. The van der Waals surface area contributed by atoms with E-state index in [0.717, 1.165) is 12.1 Å². The highest BCUT2D eigenvalue weighted by atomic mass is 15.5. The van der Waals surface area contributed by atoms with Gasteiger partial charge >= 0.3 is 0 Å². The highest BCUT2D eigenvalue weighted by molar-refractivity contribution is 5.36. The molecule has 6 nitrogen and oxygen atoms in total. The van der Waals surface area contributed by atoms with Crippen molar-refractivity contribution in [1.82, 2.24) is 0 Å². The van der Waals surface area contributed by atoms with Crippen LogP contribution in [0.1, 0.15) is 32.6 Å². The Hall–Kier alpha value is -1.46. The van der Waals surface area contributed by atoms with Gasteiger partial charge in [0, 0.05) is 0 Å². The van der Waals surface area contributed by atoms with E-state index in [1.165, 1.54) is 19.3 Å². The van der Waals surface area contributed by atoms with Crippen LogP contribution < -0.4 is 0 Å². The van der Waals surface area contributed by atoms with Crippen molar-refractivity contribution in [2.24, 2.45) is 30.7 Å². The van der Waals surface area contributed by atoms with Gasteiger partial charge in [-0.1, -0.05) is 26.2 Å². The van der Waals surface area contributed by atoms with E-state index < -0.39 is 5.66 Å². The van der Waals surface area contributed by atoms with Gasteiger partial charge in [0.2, 0.25) is 5.82 Å². The summed E-state index contributed by atoms with van der Waals surface area (Å²) in [6.07, 6.45) is 4.67. The minimum absolute atomic E-state index is 0.176. The second kappa shape index (κ2) is 3.01. The predicted octanol–water partition coefficient (Wildman–Crippen LogP) is 3.20. The van der Waals surface area contributed by atoms with Gasteiger partial charge in [0.25, 0.3) is 5.66 Å². The third kappa shape index (κ3) is 1.17. The first kappa shape index (κ1) is 8.82. The van der Waals surface area contributed by atoms with Gasteiger partial charge in [-0.25, -0.2) is 0 Å². The molecule has 1 spiro atoms. The number of hydrogen-bond donors (Lipinski definition) is 0. The van der Waals surface area contributed by atoms with Crippen molar-refractivity contribution < 1.29 is 0 Å². The van der Waals surface area contributed by atoms with Crippen LogP contribution in [0.2, 0.25) is 0 Å². The second-order valence-corrected chi connectivity index (χ2v) is 4.03. The predicted molar refractivity (Wildman–Crippen MR) is 52.3 cm³/mol. The molecule has 0 radical (unpaired) electrons. The molecule has 3 heterocycles. The molecular weight excluding hydrogens is 192 g/mol. The van der Waals surface area contributed by atoms with E-state index in [1.807, 2.05) is 0 Å². The lowest BCUT2D eigenvalue weighted by Gasteiger charge is -2.39. The van der Waals surface area contributed by atoms with Crippen molar-refractivity contribution in [2.75, 3.05) is 0 Å². The molecule has 3 rings (SSSR count). The molecule has 78 valence electrons. The molecule has 0 saturated heterocycles. The zero-order valence-electron chi connectivity index (χ0n) is 8.59. The third-order valence-corrected chi connectivity index (χ3v) is 2.96. The highest BCUT2D eigenvalue weighted by Gasteiger charge is 2.57. The number of hydrogen-bond acceptors (Lipinski definition) is 6. The first-order valence-electron chi connectivity index (χ1n) is 5.38. The summed E-state index contributed by atoms with van der Waals surface area (Å²) in [5, 5.41) is 23.8. The summed E-state index contributed by atoms with van der Waals surface area (Å²) in [4.78, 5) is 0. The Kier molecular flexibility index (Phi) is 1.77. The zero-order valence-corrected chi connectivity index (χ0v) is 8.59. The molecule has 0 amide bonds. The topological polar surface area (TPSA) is 74.2 Å². The van der Waals surface area contributed by atoms with E-state index in [4.69, 9.17) is 0 Å². The van der Waals surface area contributed by atoms with Gasteiger partial charge < -0.3 is 0 Å². The third-order valence-electron chi connectivity index (χ3n) is 2.96. The van der Waals surface area contributed by atoms with Crippen LogP contribution in [-0.2, 0) is 0 Å². The molecule has 0 bridgehead atoms. The molecule has 0 saturated carbocycles. The Balaban J connectivity index is 1.67. The van der Waals surface area contributed by atoms with Crippen molar-refractivity contribution in [1.29, 1.82) is 0 Å². The van der Waals surface area contributed by atoms with Crippen LogP contribution in [0.25, 0.3) is 0 Å². The van der Waals surface area contributed by atoms with Crippen molar-refractivity contribution >= 4 is 0 Å². The normalized spacial score (nSPS) is 34.6. The highest BCUT2D eigenvalue weighted by Crippen LogP contribution is 2.50. The van der Waals surface area contributed by atoms with E-state index in [2.05, 4.69) is 37.6 Å². The summed E-state index contributed by atoms with van der Waals surface area (Å²) in [5.74, 6) is 0.712. The van der Waals surface area contributed by atoms with Crippen LogP contribution in [0, 0.1) is 0 Å². The molecule has 0 aromatic heterocycles. The smallest absolute Gasteiger partial charge is 0.182 e. The maximum absolute atomic E-state index is 4.13. The molecule has 0 N–H and O–H groups in total. The van der Waals surface area contributed by atoms with Gasteiger partial charge in [0.15, 0.2) is 5.70 Å². The monoisotopic (exact) mass is 204 g/mol. The molecule has 0 aromatic carbocycles. The minimum Gasteiger partial charge on any atom is -0.182 e. The summed E-state index contributed by atoms with van der Waals surface area (Å²) in [6, 6.07) is 0.176.